The zero-order valence-corrected chi connectivity index (χ0v) is 15.0. The van der Waals surface area contributed by atoms with Crippen molar-refractivity contribution in [3.8, 4) is 0 Å². The largest absolute Gasteiger partial charge is 0.339 e. The van der Waals surface area contributed by atoms with Crippen LogP contribution in [0.4, 0.5) is 0 Å². The fraction of sp³-hybridized carbons (Fsp3) is 0.381. The van der Waals surface area contributed by atoms with E-state index in [9.17, 15) is 4.79 Å². The predicted molar refractivity (Wildman–Crippen MR) is 100 cm³/mol. The molecule has 128 valence electrons. The van der Waals surface area contributed by atoms with Crippen LogP contribution in [0.1, 0.15) is 48.2 Å². The summed E-state index contributed by atoms with van der Waals surface area (Å²) in [5.74, 6) is 0.590. The first-order valence-electron chi connectivity index (χ1n) is 8.79. The molecule has 0 bridgehead atoms. The Bertz CT molecular complexity index is 618. The highest BCUT2D eigenvalue weighted by Crippen LogP contribution is 2.13. The molecular formula is C21H28N2O. The summed E-state index contributed by atoms with van der Waals surface area (Å²) in [7, 11) is 0. The fourth-order valence-corrected chi connectivity index (χ4v) is 2.79. The van der Waals surface area contributed by atoms with E-state index in [2.05, 4.69) is 36.5 Å². The highest BCUT2D eigenvalue weighted by Gasteiger charge is 2.11. The van der Waals surface area contributed by atoms with E-state index < -0.39 is 0 Å². The molecule has 0 fully saturated rings. The maximum Gasteiger partial charge on any atom is 0.253 e. The molecule has 1 atom stereocenters. The molecule has 3 nitrogen and oxygen atoms in total. The van der Waals surface area contributed by atoms with Crippen LogP contribution in [0.2, 0.25) is 0 Å². The normalized spacial score (nSPS) is 12.0. The summed E-state index contributed by atoms with van der Waals surface area (Å²) in [6, 6.07) is 18.5. The van der Waals surface area contributed by atoms with E-state index >= 15 is 0 Å². The molecule has 0 saturated heterocycles. The average molecular weight is 324 g/mol. The van der Waals surface area contributed by atoms with E-state index in [1.54, 1.807) is 0 Å². The molecular weight excluding hydrogens is 296 g/mol. The molecule has 0 aliphatic carbocycles. The van der Waals surface area contributed by atoms with E-state index in [1.165, 1.54) is 11.1 Å². The van der Waals surface area contributed by atoms with Crippen LogP contribution in [0.5, 0.6) is 0 Å². The van der Waals surface area contributed by atoms with Crippen LogP contribution in [0.15, 0.2) is 54.6 Å². The van der Waals surface area contributed by atoms with E-state index in [0.717, 1.165) is 31.7 Å². The van der Waals surface area contributed by atoms with Gasteiger partial charge in [-0.3, -0.25) is 4.79 Å². The number of nitrogens with one attached hydrogen (secondary N) is 1. The first kappa shape index (κ1) is 18.2. The quantitative estimate of drug-likeness (QED) is 0.794. The molecule has 0 spiro atoms. The molecule has 0 aromatic heterocycles. The number of benzene rings is 2. The van der Waals surface area contributed by atoms with Crippen molar-refractivity contribution < 1.29 is 4.79 Å². The third-order valence-electron chi connectivity index (χ3n) is 4.40. The molecule has 1 N–H and O–H groups in total. The highest BCUT2D eigenvalue weighted by molar-refractivity contribution is 5.94. The van der Waals surface area contributed by atoms with Crippen molar-refractivity contribution in [2.75, 3.05) is 19.6 Å². The number of hydrogen-bond donors (Lipinski definition) is 1. The van der Waals surface area contributed by atoms with Gasteiger partial charge in [0.15, 0.2) is 0 Å². The minimum atomic E-state index is 0.109. The zero-order valence-electron chi connectivity index (χ0n) is 15.0. The Labute approximate surface area is 145 Å². The number of carbonyl (C=O) groups excluding carboxylic acids is 1. The Morgan fingerprint density at radius 3 is 2.21 bits per heavy atom. The van der Waals surface area contributed by atoms with Crippen LogP contribution in [0.25, 0.3) is 0 Å². The molecule has 24 heavy (non-hydrogen) atoms. The summed E-state index contributed by atoms with van der Waals surface area (Å²) in [5, 5.41) is 3.50. The lowest BCUT2D eigenvalue weighted by atomic mass is 10.0. The summed E-state index contributed by atoms with van der Waals surface area (Å²) in [6.45, 7) is 9.49. The van der Waals surface area contributed by atoms with E-state index in [-0.39, 0.29) is 5.91 Å². The van der Waals surface area contributed by atoms with Gasteiger partial charge in [-0.05, 0) is 43.0 Å². The molecule has 2 rings (SSSR count). The van der Waals surface area contributed by atoms with Crippen molar-refractivity contribution in [3.05, 3.63) is 71.3 Å². The molecule has 1 amide bonds. The lowest BCUT2D eigenvalue weighted by molar-refractivity contribution is 0.0773. The molecule has 1 unspecified atom stereocenters. The molecule has 0 radical (unpaired) electrons. The summed E-state index contributed by atoms with van der Waals surface area (Å²) in [6.07, 6.45) is 0. The van der Waals surface area contributed by atoms with Gasteiger partial charge in [-0.1, -0.05) is 49.4 Å². The van der Waals surface area contributed by atoms with Crippen molar-refractivity contribution in [2.45, 2.75) is 33.2 Å². The molecule has 2 aromatic rings. The van der Waals surface area contributed by atoms with Crippen LogP contribution in [0.3, 0.4) is 0 Å². The number of hydrogen-bond acceptors (Lipinski definition) is 2. The Balaban J connectivity index is 1.85. The van der Waals surface area contributed by atoms with Gasteiger partial charge in [-0.15, -0.1) is 0 Å². The number of nitrogens with zero attached hydrogens (tertiary/aromatic N) is 1. The third-order valence-corrected chi connectivity index (χ3v) is 4.40. The maximum absolute atomic E-state index is 12.3. The van der Waals surface area contributed by atoms with Gasteiger partial charge in [0.25, 0.3) is 5.91 Å². The van der Waals surface area contributed by atoms with Gasteiger partial charge in [0, 0.05) is 31.7 Å². The fourth-order valence-electron chi connectivity index (χ4n) is 2.79. The topological polar surface area (TPSA) is 32.3 Å². The molecule has 0 heterocycles. The minimum absolute atomic E-state index is 0.109. The number of carbonyl (C=O) groups is 1. The molecule has 2 aromatic carbocycles. The van der Waals surface area contributed by atoms with E-state index in [0.29, 0.717) is 5.92 Å². The number of amides is 1. The minimum Gasteiger partial charge on any atom is -0.339 e. The van der Waals surface area contributed by atoms with Gasteiger partial charge < -0.3 is 10.2 Å². The van der Waals surface area contributed by atoms with Crippen LogP contribution in [-0.4, -0.2) is 30.4 Å². The van der Waals surface area contributed by atoms with Crippen LogP contribution in [-0.2, 0) is 6.54 Å². The Hall–Kier alpha value is -2.13. The van der Waals surface area contributed by atoms with Gasteiger partial charge in [-0.25, -0.2) is 0 Å². The highest BCUT2D eigenvalue weighted by atomic mass is 16.2. The summed E-state index contributed by atoms with van der Waals surface area (Å²) in [5.41, 5.74) is 3.32. The first-order valence-corrected chi connectivity index (χ1v) is 8.79. The van der Waals surface area contributed by atoms with Gasteiger partial charge in [0.05, 0.1) is 0 Å². The average Bonchev–Trinajstić information content (AvgIpc) is 2.64. The van der Waals surface area contributed by atoms with Crippen molar-refractivity contribution in [3.63, 3.8) is 0 Å². The van der Waals surface area contributed by atoms with Gasteiger partial charge >= 0.3 is 0 Å². The van der Waals surface area contributed by atoms with Gasteiger partial charge in [-0.2, -0.15) is 0 Å². The van der Waals surface area contributed by atoms with Crippen molar-refractivity contribution in [1.29, 1.82) is 0 Å². The second-order valence-corrected chi connectivity index (χ2v) is 6.12. The summed E-state index contributed by atoms with van der Waals surface area (Å²) in [4.78, 5) is 14.1. The molecule has 3 heteroatoms. The predicted octanol–water partition coefficient (Wildman–Crippen LogP) is 4.06. The monoisotopic (exact) mass is 324 g/mol. The summed E-state index contributed by atoms with van der Waals surface area (Å²) < 4.78 is 0. The van der Waals surface area contributed by atoms with E-state index in [4.69, 9.17) is 0 Å². The van der Waals surface area contributed by atoms with Crippen LogP contribution in [0, 0.1) is 0 Å². The van der Waals surface area contributed by atoms with Crippen molar-refractivity contribution in [1.82, 2.24) is 10.2 Å². The molecule has 0 aliphatic heterocycles. The Kier molecular flexibility index (Phi) is 7.01. The standard InChI is InChI=1S/C21H28N2O/c1-4-23(5-2)21(24)20-13-11-18(12-14-20)16-22-15-17(3)19-9-7-6-8-10-19/h6-14,17,22H,4-5,15-16H2,1-3H3. The Morgan fingerprint density at radius 2 is 1.62 bits per heavy atom. The van der Waals surface area contributed by atoms with Gasteiger partial charge in [0.1, 0.15) is 0 Å². The van der Waals surface area contributed by atoms with E-state index in [1.807, 2.05) is 49.1 Å². The smallest absolute Gasteiger partial charge is 0.253 e. The Morgan fingerprint density at radius 1 is 1.00 bits per heavy atom. The zero-order chi connectivity index (χ0) is 17.4. The summed E-state index contributed by atoms with van der Waals surface area (Å²) >= 11 is 0. The lowest BCUT2D eigenvalue weighted by Crippen LogP contribution is -2.30. The van der Waals surface area contributed by atoms with Crippen LogP contribution >= 0.6 is 0 Å². The maximum atomic E-state index is 12.3. The second kappa shape index (κ2) is 9.24. The van der Waals surface area contributed by atoms with Gasteiger partial charge in [0.2, 0.25) is 0 Å². The first-order chi connectivity index (χ1) is 11.7. The molecule has 0 saturated carbocycles. The van der Waals surface area contributed by atoms with Crippen molar-refractivity contribution in [2.24, 2.45) is 0 Å². The van der Waals surface area contributed by atoms with Crippen LogP contribution < -0.4 is 5.32 Å². The second-order valence-electron chi connectivity index (χ2n) is 6.12. The third kappa shape index (κ3) is 4.93. The lowest BCUT2D eigenvalue weighted by Gasteiger charge is -2.18. The SMILES string of the molecule is CCN(CC)C(=O)c1ccc(CNCC(C)c2ccccc2)cc1. The molecule has 0 aliphatic rings. The van der Waals surface area contributed by atoms with Crippen molar-refractivity contribution >= 4 is 5.91 Å². The number of rotatable bonds is 8.